The zero-order chi connectivity index (χ0) is 22.2. The Labute approximate surface area is 178 Å². The number of nitrogens with one attached hydrogen (secondary N) is 2. The fraction of sp³-hybridized carbons (Fsp3) is 0.304. The number of ether oxygens (including phenoxy) is 1. The Hall–Kier alpha value is -3.68. The maximum atomic E-state index is 12.4. The van der Waals surface area contributed by atoms with Gasteiger partial charge in [-0.25, -0.2) is 4.68 Å². The second-order valence-electron chi connectivity index (χ2n) is 7.25. The van der Waals surface area contributed by atoms with E-state index in [0.29, 0.717) is 23.6 Å². The van der Waals surface area contributed by atoms with Crippen LogP contribution in [0, 0.1) is 6.92 Å². The van der Waals surface area contributed by atoms with Crippen molar-refractivity contribution in [2.45, 2.75) is 32.7 Å². The highest BCUT2D eigenvalue weighted by Crippen LogP contribution is 2.06. The third kappa shape index (κ3) is 6.15. The summed E-state index contributed by atoms with van der Waals surface area (Å²) in [7, 11) is 0. The Kier molecular flexibility index (Phi) is 7.37. The van der Waals surface area contributed by atoms with E-state index in [0.717, 1.165) is 10.2 Å². The molecule has 1 amide bonds. The fourth-order valence-corrected chi connectivity index (χ4v) is 3.14. The van der Waals surface area contributed by atoms with Gasteiger partial charge in [0.15, 0.2) is 0 Å². The van der Waals surface area contributed by atoms with E-state index in [2.05, 4.69) is 10.4 Å². The van der Waals surface area contributed by atoms with Gasteiger partial charge < -0.3 is 10.1 Å². The molecule has 31 heavy (non-hydrogen) atoms. The monoisotopic (exact) mass is 423 g/mol. The first kappa shape index (κ1) is 22.0. The van der Waals surface area contributed by atoms with Crippen LogP contribution in [-0.2, 0) is 27.3 Å². The molecule has 0 bridgehead atoms. The van der Waals surface area contributed by atoms with Crippen molar-refractivity contribution < 1.29 is 14.3 Å². The van der Waals surface area contributed by atoms with E-state index in [4.69, 9.17) is 4.74 Å². The van der Waals surface area contributed by atoms with Crippen LogP contribution in [0.25, 0.3) is 10.8 Å². The molecule has 0 unspecified atom stereocenters. The predicted octanol–water partition coefficient (Wildman–Crippen LogP) is 1.68. The van der Waals surface area contributed by atoms with Gasteiger partial charge in [-0.2, -0.15) is 0 Å². The molecule has 8 nitrogen and oxygen atoms in total. The van der Waals surface area contributed by atoms with Crippen LogP contribution in [0.5, 0.6) is 0 Å². The summed E-state index contributed by atoms with van der Waals surface area (Å²) in [6.45, 7) is 2.27. The molecule has 0 saturated carbocycles. The lowest BCUT2D eigenvalue weighted by Gasteiger charge is -2.09. The first-order valence-electron chi connectivity index (χ1n) is 10.1. The summed E-state index contributed by atoms with van der Waals surface area (Å²) < 4.78 is 6.20. The molecule has 162 valence electrons. The second-order valence-corrected chi connectivity index (χ2v) is 7.25. The van der Waals surface area contributed by atoms with Crippen molar-refractivity contribution in [2.75, 3.05) is 13.2 Å². The van der Waals surface area contributed by atoms with E-state index in [1.54, 1.807) is 24.3 Å². The molecule has 0 radical (unpaired) electrons. The molecule has 0 aliphatic heterocycles. The van der Waals surface area contributed by atoms with Crippen molar-refractivity contribution in [1.82, 2.24) is 15.1 Å². The topological polar surface area (TPSA) is 110 Å². The lowest BCUT2D eigenvalue weighted by atomic mass is 10.1. The van der Waals surface area contributed by atoms with Crippen LogP contribution in [0.4, 0.5) is 0 Å². The summed E-state index contributed by atoms with van der Waals surface area (Å²) >= 11 is 0. The van der Waals surface area contributed by atoms with Crippen LogP contribution in [-0.4, -0.2) is 34.8 Å². The largest absolute Gasteiger partial charge is 0.464 e. The van der Waals surface area contributed by atoms with Gasteiger partial charge in [-0.1, -0.05) is 42.0 Å². The lowest BCUT2D eigenvalue weighted by molar-refractivity contribution is -0.144. The fourth-order valence-electron chi connectivity index (χ4n) is 3.14. The molecule has 1 aromatic heterocycles. The van der Waals surface area contributed by atoms with Gasteiger partial charge in [0.2, 0.25) is 5.91 Å². The number of hydrogen-bond donors (Lipinski definition) is 2. The van der Waals surface area contributed by atoms with Gasteiger partial charge in [-0.15, -0.1) is 0 Å². The SMILES string of the molecule is Cc1ccc(CCC(=O)NCCOC(=O)CCn2[nH]c(=O)c3ccccc3c2=O)cc1. The molecule has 0 spiro atoms. The highest BCUT2D eigenvalue weighted by molar-refractivity contribution is 5.80. The third-order valence-electron chi connectivity index (χ3n) is 4.87. The molecule has 0 aliphatic carbocycles. The van der Waals surface area contributed by atoms with E-state index < -0.39 is 11.5 Å². The maximum Gasteiger partial charge on any atom is 0.307 e. The van der Waals surface area contributed by atoms with E-state index in [1.807, 2.05) is 31.2 Å². The number of rotatable bonds is 9. The van der Waals surface area contributed by atoms with Crippen LogP contribution in [0.1, 0.15) is 24.0 Å². The normalized spacial score (nSPS) is 10.7. The number of carbonyl (C=O) groups is 2. The van der Waals surface area contributed by atoms with E-state index in [-0.39, 0.29) is 37.6 Å². The summed E-state index contributed by atoms with van der Waals surface area (Å²) in [6.07, 6.45) is 0.926. The van der Waals surface area contributed by atoms with Crippen molar-refractivity contribution in [1.29, 1.82) is 0 Å². The zero-order valence-electron chi connectivity index (χ0n) is 17.3. The molecular weight excluding hydrogens is 398 g/mol. The van der Waals surface area contributed by atoms with Gasteiger partial charge in [0.25, 0.3) is 11.1 Å². The third-order valence-corrected chi connectivity index (χ3v) is 4.87. The number of amides is 1. The van der Waals surface area contributed by atoms with Crippen LogP contribution < -0.4 is 16.4 Å². The Morgan fingerprint density at radius 2 is 1.71 bits per heavy atom. The summed E-state index contributed by atoms with van der Waals surface area (Å²) in [5.74, 6) is -0.633. The van der Waals surface area contributed by atoms with Crippen molar-refractivity contribution in [3.63, 3.8) is 0 Å². The minimum absolute atomic E-state index is 0.000645. The van der Waals surface area contributed by atoms with Crippen LogP contribution in [0.3, 0.4) is 0 Å². The zero-order valence-corrected chi connectivity index (χ0v) is 17.3. The number of carbonyl (C=O) groups excluding carboxylic acids is 2. The Bertz CT molecular complexity index is 1180. The van der Waals surface area contributed by atoms with Crippen molar-refractivity contribution >= 4 is 22.6 Å². The van der Waals surface area contributed by atoms with E-state index >= 15 is 0 Å². The summed E-state index contributed by atoms with van der Waals surface area (Å²) in [5.41, 5.74) is 1.50. The smallest absolute Gasteiger partial charge is 0.307 e. The number of fused-ring (bicyclic) bond motifs is 1. The number of hydrogen-bond acceptors (Lipinski definition) is 5. The van der Waals surface area contributed by atoms with Crippen LogP contribution in [0.2, 0.25) is 0 Å². The van der Waals surface area contributed by atoms with Gasteiger partial charge in [0.1, 0.15) is 6.61 Å². The van der Waals surface area contributed by atoms with Gasteiger partial charge in [0, 0.05) is 6.42 Å². The van der Waals surface area contributed by atoms with Crippen LogP contribution >= 0.6 is 0 Å². The minimum atomic E-state index is -0.519. The Balaban J connectivity index is 1.38. The Morgan fingerprint density at radius 1 is 1.00 bits per heavy atom. The molecule has 0 atom stereocenters. The van der Waals surface area contributed by atoms with Crippen molar-refractivity contribution in [3.8, 4) is 0 Å². The molecule has 3 rings (SSSR count). The summed E-state index contributed by atoms with van der Waals surface area (Å²) in [4.78, 5) is 48.3. The molecule has 3 aromatic rings. The van der Waals surface area contributed by atoms with Crippen LogP contribution in [0.15, 0.2) is 58.1 Å². The molecule has 0 fully saturated rings. The first-order chi connectivity index (χ1) is 14.9. The van der Waals surface area contributed by atoms with Crippen molar-refractivity contribution in [3.05, 3.63) is 80.4 Å². The number of H-pyrrole nitrogens is 1. The lowest BCUT2D eigenvalue weighted by Crippen LogP contribution is -2.31. The molecule has 8 heteroatoms. The molecule has 2 aromatic carbocycles. The first-order valence-corrected chi connectivity index (χ1v) is 10.1. The number of benzene rings is 2. The van der Waals surface area contributed by atoms with Gasteiger partial charge >= 0.3 is 5.97 Å². The molecule has 0 aliphatic rings. The quantitative estimate of drug-likeness (QED) is 0.402. The van der Waals surface area contributed by atoms with Gasteiger partial charge in [0.05, 0.1) is 30.3 Å². The highest BCUT2D eigenvalue weighted by Gasteiger charge is 2.09. The second kappa shape index (κ2) is 10.4. The molecular formula is C23H25N3O5. The van der Waals surface area contributed by atoms with Gasteiger partial charge in [-0.05, 0) is 31.0 Å². The highest BCUT2D eigenvalue weighted by atomic mass is 16.5. The molecule has 2 N–H and O–H groups in total. The predicted molar refractivity (Wildman–Crippen MR) is 117 cm³/mol. The van der Waals surface area contributed by atoms with E-state index in [9.17, 15) is 19.2 Å². The van der Waals surface area contributed by atoms with E-state index in [1.165, 1.54) is 5.56 Å². The number of nitrogens with zero attached hydrogens (tertiary/aromatic N) is 1. The summed E-state index contributed by atoms with van der Waals surface area (Å²) in [5, 5.41) is 5.79. The van der Waals surface area contributed by atoms with Crippen molar-refractivity contribution in [2.24, 2.45) is 0 Å². The molecule has 0 saturated heterocycles. The number of esters is 1. The van der Waals surface area contributed by atoms with Gasteiger partial charge in [-0.3, -0.25) is 24.3 Å². The Morgan fingerprint density at radius 3 is 2.45 bits per heavy atom. The number of aromatic nitrogens is 2. The molecule has 1 heterocycles. The number of aromatic amines is 1. The average Bonchev–Trinajstić information content (AvgIpc) is 2.78. The maximum absolute atomic E-state index is 12.4. The minimum Gasteiger partial charge on any atom is -0.464 e. The summed E-state index contributed by atoms with van der Waals surface area (Å²) in [6, 6.07) is 14.5. The average molecular weight is 423 g/mol. The standard InChI is InChI=1S/C23H25N3O5/c1-16-6-8-17(9-7-16)10-11-20(27)24-13-15-31-21(28)12-14-26-23(30)19-5-3-2-4-18(19)22(29)25-26/h2-9H,10-15H2,1H3,(H,24,27)(H,25,29). The number of aryl methyl sites for hydroxylation is 3.